The number of carbonyl (C=O) groups excluding carboxylic acids is 1. The fourth-order valence-corrected chi connectivity index (χ4v) is 4.36. The first-order valence-electron chi connectivity index (χ1n) is 9.97. The lowest BCUT2D eigenvalue weighted by molar-refractivity contribution is 0.0698. The van der Waals surface area contributed by atoms with E-state index in [0.29, 0.717) is 23.3 Å². The predicted octanol–water partition coefficient (Wildman–Crippen LogP) is 3.14. The van der Waals surface area contributed by atoms with Gasteiger partial charge in [-0.15, -0.1) is 0 Å². The molecule has 142 valence electrons. The summed E-state index contributed by atoms with van der Waals surface area (Å²) in [5, 5.41) is 4.62. The van der Waals surface area contributed by atoms with Gasteiger partial charge in [0.15, 0.2) is 5.69 Å². The van der Waals surface area contributed by atoms with Gasteiger partial charge in [0.2, 0.25) is 0 Å². The Kier molecular flexibility index (Phi) is 4.23. The van der Waals surface area contributed by atoms with Crippen molar-refractivity contribution in [3.8, 4) is 5.69 Å². The second kappa shape index (κ2) is 6.75. The van der Waals surface area contributed by atoms with Gasteiger partial charge in [-0.3, -0.25) is 4.79 Å². The number of nitrogens with zero attached hydrogens (tertiary/aromatic N) is 3. The average molecular weight is 369 g/mol. The number of hydrogen-bond acceptors (Lipinski definition) is 3. The monoisotopic (exact) mass is 369 g/mol. The van der Waals surface area contributed by atoms with E-state index >= 15 is 0 Å². The molecule has 2 aliphatic carbocycles. The lowest BCUT2D eigenvalue weighted by atomic mass is 10.1. The summed E-state index contributed by atoms with van der Waals surface area (Å²) in [6, 6.07) is 6.97. The number of fused-ring (bicyclic) bond motifs is 1. The van der Waals surface area contributed by atoms with Crippen molar-refractivity contribution >= 4 is 5.91 Å². The van der Waals surface area contributed by atoms with Crippen molar-refractivity contribution in [1.29, 1.82) is 0 Å². The highest BCUT2D eigenvalue weighted by Crippen LogP contribution is 2.34. The molecule has 2 aromatic rings. The van der Waals surface area contributed by atoms with Crippen LogP contribution in [-0.2, 0) is 17.6 Å². The summed E-state index contributed by atoms with van der Waals surface area (Å²) < 4.78 is 21.5. The minimum atomic E-state index is -0.309. The molecule has 27 heavy (non-hydrogen) atoms. The molecule has 6 heteroatoms. The van der Waals surface area contributed by atoms with Crippen molar-refractivity contribution in [2.75, 3.05) is 19.8 Å². The molecule has 3 aliphatic rings. The van der Waals surface area contributed by atoms with E-state index in [1.54, 1.807) is 22.9 Å². The van der Waals surface area contributed by atoms with Crippen LogP contribution in [0.15, 0.2) is 24.3 Å². The molecule has 0 unspecified atom stereocenters. The van der Waals surface area contributed by atoms with Crippen molar-refractivity contribution in [2.24, 2.45) is 5.92 Å². The molecule has 2 heterocycles. The highest BCUT2D eigenvalue weighted by molar-refractivity contribution is 5.94. The van der Waals surface area contributed by atoms with E-state index in [1.165, 1.54) is 6.07 Å². The van der Waals surface area contributed by atoms with Crippen LogP contribution >= 0.6 is 0 Å². The van der Waals surface area contributed by atoms with Crippen molar-refractivity contribution in [3.05, 3.63) is 47.0 Å². The van der Waals surface area contributed by atoms with Crippen molar-refractivity contribution < 1.29 is 13.9 Å². The highest BCUT2D eigenvalue weighted by atomic mass is 19.1. The number of ether oxygens (including phenoxy) is 1. The molecular formula is C21H24FN3O2. The molecule has 5 nitrogen and oxygen atoms in total. The molecule has 0 spiro atoms. The van der Waals surface area contributed by atoms with Crippen LogP contribution in [0.4, 0.5) is 4.39 Å². The van der Waals surface area contributed by atoms with Crippen molar-refractivity contribution in [1.82, 2.24) is 14.7 Å². The van der Waals surface area contributed by atoms with Crippen LogP contribution in [0.5, 0.6) is 0 Å². The molecule has 1 aromatic carbocycles. The zero-order chi connectivity index (χ0) is 18.4. The van der Waals surface area contributed by atoms with Gasteiger partial charge in [-0.2, -0.15) is 5.10 Å². The van der Waals surface area contributed by atoms with E-state index < -0.39 is 0 Å². The molecule has 2 fully saturated rings. The van der Waals surface area contributed by atoms with E-state index in [1.807, 2.05) is 4.90 Å². The first kappa shape index (κ1) is 16.9. The van der Waals surface area contributed by atoms with Gasteiger partial charge >= 0.3 is 0 Å². The summed E-state index contributed by atoms with van der Waals surface area (Å²) in [6.07, 6.45) is 5.81. The van der Waals surface area contributed by atoms with Gasteiger partial charge in [-0.1, -0.05) is 12.1 Å². The number of benzene rings is 1. The van der Waals surface area contributed by atoms with E-state index in [4.69, 9.17) is 4.74 Å². The Bertz CT molecular complexity index is 868. The Morgan fingerprint density at radius 3 is 2.85 bits per heavy atom. The number of rotatable bonds is 5. The maximum Gasteiger partial charge on any atom is 0.274 e. The quantitative estimate of drug-likeness (QED) is 0.814. The molecule has 1 amide bonds. The molecule has 0 N–H and O–H groups in total. The summed E-state index contributed by atoms with van der Waals surface area (Å²) in [5.74, 6) is 0.116. The molecule has 1 saturated carbocycles. The topological polar surface area (TPSA) is 47.4 Å². The summed E-state index contributed by atoms with van der Waals surface area (Å²) in [4.78, 5) is 15.4. The molecule has 5 rings (SSSR count). The van der Waals surface area contributed by atoms with Crippen LogP contribution in [0.3, 0.4) is 0 Å². The number of halogens is 1. The maximum atomic E-state index is 14.4. The Morgan fingerprint density at radius 2 is 2.11 bits per heavy atom. The average Bonchev–Trinajstić information content (AvgIpc) is 3.08. The molecular weight excluding hydrogens is 345 g/mol. The van der Waals surface area contributed by atoms with E-state index in [9.17, 15) is 9.18 Å². The summed E-state index contributed by atoms with van der Waals surface area (Å²) in [6.45, 7) is 2.26. The third kappa shape index (κ3) is 3.06. The number of aromatic nitrogens is 2. The largest absolute Gasteiger partial charge is 0.381 e. The van der Waals surface area contributed by atoms with Crippen LogP contribution in [0.25, 0.3) is 5.69 Å². The Morgan fingerprint density at radius 1 is 1.26 bits per heavy atom. The van der Waals surface area contributed by atoms with Gasteiger partial charge in [0.1, 0.15) is 11.5 Å². The molecule has 1 aliphatic heterocycles. The zero-order valence-electron chi connectivity index (χ0n) is 15.4. The third-order valence-electron chi connectivity index (χ3n) is 5.94. The SMILES string of the molecule is O=C(c1nn(-c2ccccc2F)c2c1CCC2)N(C[C@H]1CCOC1)C1CC1. The van der Waals surface area contributed by atoms with Gasteiger partial charge in [0.05, 0.1) is 6.61 Å². The molecule has 0 radical (unpaired) electrons. The fourth-order valence-electron chi connectivity index (χ4n) is 4.36. The Balaban J connectivity index is 1.50. The standard InChI is InChI=1S/C21H24FN3O2/c22-17-5-1-2-6-19(17)25-18-7-3-4-16(18)20(23-25)21(26)24(15-8-9-15)12-14-10-11-27-13-14/h1-2,5-6,14-15H,3-4,7-13H2/t14-/m1/s1. The van der Waals surface area contributed by atoms with Gasteiger partial charge in [-0.25, -0.2) is 9.07 Å². The van der Waals surface area contributed by atoms with Crippen LogP contribution in [-0.4, -0.2) is 46.4 Å². The number of hydrogen-bond donors (Lipinski definition) is 0. The minimum Gasteiger partial charge on any atom is -0.381 e. The molecule has 1 atom stereocenters. The lowest BCUT2D eigenvalue weighted by Gasteiger charge is -2.24. The zero-order valence-corrected chi connectivity index (χ0v) is 15.4. The normalized spacial score (nSPS) is 21.4. The second-order valence-electron chi connectivity index (χ2n) is 7.91. The maximum absolute atomic E-state index is 14.4. The van der Waals surface area contributed by atoms with E-state index in [2.05, 4.69) is 5.10 Å². The predicted molar refractivity (Wildman–Crippen MR) is 98.5 cm³/mol. The van der Waals surface area contributed by atoms with Crippen molar-refractivity contribution in [3.63, 3.8) is 0 Å². The van der Waals surface area contributed by atoms with Gasteiger partial charge < -0.3 is 9.64 Å². The van der Waals surface area contributed by atoms with Gasteiger partial charge in [0.25, 0.3) is 5.91 Å². The van der Waals surface area contributed by atoms with Gasteiger partial charge in [0, 0.05) is 36.4 Å². The number of amides is 1. The summed E-state index contributed by atoms with van der Waals surface area (Å²) in [5.41, 5.74) is 2.95. The van der Waals surface area contributed by atoms with Crippen molar-refractivity contribution in [2.45, 2.75) is 44.6 Å². The van der Waals surface area contributed by atoms with Crippen LogP contribution < -0.4 is 0 Å². The highest BCUT2D eigenvalue weighted by Gasteiger charge is 2.38. The number of para-hydroxylation sites is 1. The lowest BCUT2D eigenvalue weighted by Crippen LogP contribution is -2.38. The van der Waals surface area contributed by atoms with Crippen LogP contribution in [0.1, 0.15) is 47.4 Å². The first-order chi connectivity index (χ1) is 13.2. The van der Waals surface area contributed by atoms with Crippen LogP contribution in [0.2, 0.25) is 0 Å². The molecule has 1 saturated heterocycles. The Hall–Kier alpha value is -2.21. The summed E-state index contributed by atoms with van der Waals surface area (Å²) in [7, 11) is 0. The first-order valence-corrected chi connectivity index (χ1v) is 9.97. The minimum absolute atomic E-state index is 0.0117. The Labute approximate surface area is 158 Å². The third-order valence-corrected chi connectivity index (χ3v) is 5.94. The van der Waals surface area contributed by atoms with E-state index in [-0.39, 0.29) is 11.7 Å². The number of carbonyl (C=O) groups is 1. The van der Waals surface area contributed by atoms with E-state index in [0.717, 1.165) is 69.5 Å². The fraction of sp³-hybridized carbons (Fsp3) is 0.524. The summed E-state index contributed by atoms with van der Waals surface area (Å²) >= 11 is 0. The van der Waals surface area contributed by atoms with Gasteiger partial charge in [-0.05, 0) is 50.7 Å². The second-order valence-corrected chi connectivity index (χ2v) is 7.91. The smallest absolute Gasteiger partial charge is 0.274 e. The molecule has 0 bridgehead atoms. The molecule has 1 aromatic heterocycles. The van der Waals surface area contributed by atoms with Crippen LogP contribution in [0, 0.1) is 11.7 Å².